The van der Waals surface area contributed by atoms with Crippen molar-refractivity contribution in [3.8, 4) is 22.8 Å². The fraction of sp³-hybridized carbons (Fsp3) is 0.320. The van der Waals surface area contributed by atoms with Crippen LogP contribution in [0.15, 0.2) is 65.6 Å². The van der Waals surface area contributed by atoms with Crippen LogP contribution in [0.2, 0.25) is 0 Å². The minimum atomic E-state index is -0.694. The summed E-state index contributed by atoms with van der Waals surface area (Å²) in [6.07, 6.45) is 1.67. The Kier molecular flexibility index (Phi) is 5.92. The summed E-state index contributed by atoms with van der Waals surface area (Å²) in [6.45, 7) is 11.1. The van der Waals surface area contributed by atoms with Crippen LogP contribution in [0.25, 0.3) is 22.3 Å². The molecule has 0 bridgehead atoms. The summed E-state index contributed by atoms with van der Waals surface area (Å²) in [4.78, 5) is 11.6. The van der Waals surface area contributed by atoms with Crippen molar-refractivity contribution in [2.24, 2.45) is 0 Å². The fourth-order valence-electron chi connectivity index (χ4n) is 3.79. The van der Waals surface area contributed by atoms with Crippen molar-refractivity contribution in [1.29, 1.82) is 0 Å². The highest BCUT2D eigenvalue weighted by Crippen LogP contribution is 2.36. The van der Waals surface area contributed by atoms with Crippen molar-refractivity contribution in [3.63, 3.8) is 0 Å². The summed E-state index contributed by atoms with van der Waals surface area (Å²) in [6, 6.07) is 15.5. The van der Waals surface area contributed by atoms with Gasteiger partial charge in [-0.1, -0.05) is 18.7 Å². The van der Waals surface area contributed by atoms with Gasteiger partial charge in [-0.05, 0) is 58.0 Å². The number of carbonyl (C=O) groups excluding carboxylic acids is 1. The van der Waals surface area contributed by atoms with Gasteiger partial charge in [0.15, 0.2) is 0 Å². The lowest BCUT2D eigenvalue weighted by Crippen LogP contribution is -2.40. The molecule has 0 amide bonds. The molecule has 0 saturated carbocycles. The van der Waals surface area contributed by atoms with Gasteiger partial charge in [0, 0.05) is 23.9 Å². The number of methoxy groups -OCH3 is 1. The van der Waals surface area contributed by atoms with Gasteiger partial charge in [-0.25, -0.2) is 4.79 Å². The summed E-state index contributed by atoms with van der Waals surface area (Å²) in [5.74, 6) is 1.72. The zero-order valence-electron chi connectivity index (χ0n) is 18.2. The van der Waals surface area contributed by atoms with E-state index in [1.165, 1.54) is 6.08 Å². The number of hydrogen-bond acceptors (Lipinski definition) is 5. The summed E-state index contributed by atoms with van der Waals surface area (Å²) in [7, 11) is 1.64. The maximum atomic E-state index is 11.6. The smallest absolute Gasteiger partial charge is 0.330 e. The maximum absolute atomic E-state index is 11.6. The number of esters is 1. The monoisotopic (exact) mass is 408 g/mol. The van der Waals surface area contributed by atoms with Crippen LogP contribution in [0.1, 0.15) is 34.1 Å². The number of hydrogen-bond donors (Lipinski definition) is 0. The SMILES string of the molecule is C=CC(=O)OC(C)(C)CC(C)(C)Oc1ccc2cc(-c3ccccc3OC)oc2c1. The fourth-order valence-corrected chi connectivity index (χ4v) is 3.79. The number of rotatable bonds is 8. The van der Waals surface area contributed by atoms with Crippen LogP contribution in [0.4, 0.5) is 0 Å². The highest BCUT2D eigenvalue weighted by atomic mass is 16.6. The zero-order valence-corrected chi connectivity index (χ0v) is 18.2. The van der Waals surface area contributed by atoms with Crippen LogP contribution < -0.4 is 9.47 Å². The molecule has 0 aliphatic carbocycles. The van der Waals surface area contributed by atoms with E-state index in [-0.39, 0.29) is 0 Å². The third-order valence-electron chi connectivity index (χ3n) is 4.65. The summed E-state index contributed by atoms with van der Waals surface area (Å²) in [5, 5.41) is 0.973. The Morgan fingerprint density at radius 2 is 1.80 bits per heavy atom. The minimum absolute atomic E-state index is 0.448. The van der Waals surface area contributed by atoms with Crippen molar-refractivity contribution >= 4 is 16.9 Å². The average Bonchev–Trinajstić information content (AvgIpc) is 3.09. The Bertz CT molecular complexity index is 1060. The van der Waals surface area contributed by atoms with Crippen molar-refractivity contribution < 1.29 is 23.4 Å². The van der Waals surface area contributed by atoms with Crippen LogP contribution in [0.5, 0.6) is 11.5 Å². The Hall–Kier alpha value is -3.21. The molecule has 2 aromatic carbocycles. The van der Waals surface area contributed by atoms with Crippen LogP contribution in [0, 0.1) is 0 Å². The highest BCUT2D eigenvalue weighted by molar-refractivity contribution is 5.85. The van der Waals surface area contributed by atoms with Crippen molar-refractivity contribution in [3.05, 3.63) is 61.2 Å². The lowest BCUT2D eigenvalue weighted by Gasteiger charge is -2.34. The third kappa shape index (κ3) is 5.03. The number of ether oxygens (including phenoxy) is 3. The van der Waals surface area contributed by atoms with E-state index in [1.54, 1.807) is 7.11 Å². The quantitative estimate of drug-likeness (QED) is 0.330. The van der Waals surface area contributed by atoms with Crippen molar-refractivity contribution in [2.75, 3.05) is 7.11 Å². The molecule has 0 aliphatic rings. The molecule has 5 heteroatoms. The van der Waals surface area contributed by atoms with Gasteiger partial charge in [-0.15, -0.1) is 0 Å². The van der Waals surface area contributed by atoms with E-state index in [4.69, 9.17) is 18.6 Å². The summed E-state index contributed by atoms with van der Waals surface area (Å²) < 4.78 is 23.2. The molecular weight excluding hydrogens is 380 g/mol. The molecule has 0 unspecified atom stereocenters. The molecule has 0 fully saturated rings. The van der Waals surface area contributed by atoms with Gasteiger partial charge in [-0.3, -0.25) is 0 Å². The molecule has 3 rings (SSSR count). The van der Waals surface area contributed by atoms with Crippen molar-refractivity contribution in [1.82, 2.24) is 0 Å². The lowest BCUT2D eigenvalue weighted by atomic mass is 9.92. The lowest BCUT2D eigenvalue weighted by molar-refractivity contribution is -0.154. The molecule has 0 atom stereocenters. The van der Waals surface area contributed by atoms with Gasteiger partial charge in [0.05, 0.1) is 12.7 Å². The van der Waals surface area contributed by atoms with E-state index in [0.717, 1.165) is 28.0 Å². The normalized spacial score (nSPS) is 11.9. The molecule has 0 radical (unpaired) electrons. The number of para-hydroxylation sites is 1. The van der Waals surface area contributed by atoms with Crippen molar-refractivity contribution in [2.45, 2.75) is 45.3 Å². The standard InChI is InChI=1S/C25H28O5/c1-7-23(26)30-25(4,5)16-24(2,3)29-18-13-12-17-14-22(28-21(17)15-18)19-10-8-9-11-20(19)27-6/h7-15H,1,16H2,2-6H3. The maximum Gasteiger partial charge on any atom is 0.330 e. The molecule has 3 aromatic rings. The first-order valence-electron chi connectivity index (χ1n) is 9.84. The second-order valence-electron chi connectivity index (χ2n) is 8.43. The number of fused-ring (bicyclic) bond motifs is 1. The molecule has 1 aromatic heterocycles. The molecule has 30 heavy (non-hydrogen) atoms. The van der Waals surface area contributed by atoms with E-state index >= 15 is 0 Å². The first kappa shape index (κ1) is 21.5. The average molecular weight is 408 g/mol. The third-order valence-corrected chi connectivity index (χ3v) is 4.65. The van der Waals surface area contributed by atoms with Gasteiger partial charge in [-0.2, -0.15) is 0 Å². The first-order chi connectivity index (χ1) is 14.1. The van der Waals surface area contributed by atoms with Gasteiger partial charge in [0.1, 0.15) is 34.0 Å². The Balaban J connectivity index is 1.82. The largest absolute Gasteiger partial charge is 0.496 e. The van der Waals surface area contributed by atoms with Gasteiger partial charge < -0.3 is 18.6 Å². The minimum Gasteiger partial charge on any atom is -0.496 e. The molecule has 5 nitrogen and oxygen atoms in total. The topological polar surface area (TPSA) is 57.9 Å². The summed E-state index contributed by atoms with van der Waals surface area (Å²) >= 11 is 0. The molecule has 0 aliphatic heterocycles. The van der Waals surface area contributed by atoms with Crippen LogP contribution in [-0.4, -0.2) is 24.3 Å². The molecule has 1 heterocycles. The molecular formula is C25H28O5. The number of benzene rings is 2. The first-order valence-corrected chi connectivity index (χ1v) is 9.84. The van der Waals surface area contributed by atoms with Gasteiger partial charge in [0.2, 0.25) is 0 Å². The van der Waals surface area contributed by atoms with Crippen LogP contribution >= 0.6 is 0 Å². The highest BCUT2D eigenvalue weighted by Gasteiger charge is 2.33. The second kappa shape index (κ2) is 8.27. The second-order valence-corrected chi connectivity index (χ2v) is 8.43. The molecule has 0 saturated heterocycles. The van der Waals surface area contributed by atoms with Crippen LogP contribution in [-0.2, 0) is 9.53 Å². The van der Waals surface area contributed by atoms with E-state index in [2.05, 4.69) is 6.58 Å². The van der Waals surface area contributed by atoms with E-state index in [1.807, 2.05) is 76.2 Å². The molecule has 0 spiro atoms. The number of carbonyl (C=O) groups is 1. The zero-order chi connectivity index (χ0) is 21.9. The predicted molar refractivity (Wildman–Crippen MR) is 118 cm³/mol. The van der Waals surface area contributed by atoms with E-state index in [0.29, 0.717) is 12.2 Å². The number of furan rings is 1. The Morgan fingerprint density at radius 1 is 1.07 bits per heavy atom. The van der Waals surface area contributed by atoms with Gasteiger partial charge >= 0.3 is 5.97 Å². The van der Waals surface area contributed by atoms with E-state index in [9.17, 15) is 4.79 Å². The van der Waals surface area contributed by atoms with Gasteiger partial charge in [0.25, 0.3) is 0 Å². The Morgan fingerprint density at radius 3 is 2.50 bits per heavy atom. The Labute approximate surface area is 177 Å². The molecule has 158 valence electrons. The van der Waals surface area contributed by atoms with Crippen LogP contribution in [0.3, 0.4) is 0 Å². The van der Waals surface area contributed by atoms with E-state index < -0.39 is 17.2 Å². The summed E-state index contributed by atoms with van der Waals surface area (Å²) in [5.41, 5.74) is 0.350. The predicted octanol–water partition coefficient (Wildman–Crippen LogP) is 6.16. The molecule has 0 N–H and O–H groups in total.